The number of ketones is 1. The summed E-state index contributed by atoms with van der Waals surface area (Å²) in [5.74, 6) is -0.441. The summed E-state index contributed by atoms with van der Waals surface area (Å²) in [4.78, 5) is 15.0. The lowest BCUT2D eigenvalue weighted by molar-refractivity contribution is 0.102. The van der Waals surface area contributed by atoms with Crippen LogP contribution < -0.4 is 5.14 Å². The first-order valence-corrected chi connectivity index (χ1v) is 5.88. The summed E-state index contributed by atoms with van der Waals surface area (Å²) in [6.45, 7) is 1.40. The Bertz CT molecular complexity index is 421. The minimum Gasteiger partial charge on any atom is -0.294 e. The van der Waals surface area contributed by atoms with E-state index in [0.717, 1.165) is 11.3 Å². The van der Waals surface area contributed by atoms with E-state index in [1.54, 1.807) is 0 Å². The van der Waals surface area contributed by atoms with E-state index in [-0.39, 0.29) is 11.5 Å². The van der Waals surface area contributed by atoms with Crippen molar-refractivity contribution in [3.05, 3.63) is 16.1 Å². The maximum Gasteiger partial charge on any atom is 0.215 e. The number of carbonyl (C=O) groups excluding carboxylic acids is 1. The van der Waals surface area contributed by atoms with Gasteiger partial charge in [-0.25, -0.2) is 18.5 Å². The largest absolute Gasteiger partial charge is 0.294 e. The van der Waals surface area contributed by atoms with Gasteiger partial charge in [0.2, 0.25) is 10.0 Å². The third kappa shape index (κ3) is 3.21. The Morgan fingerprint density at radius 2 is 2.31 bits per heavy atom. The molecule has 0 fully saturated rings. The molecular weight excluding hydrogens is 212 g/mol. The highest BCUT2D eigenvalue weighted by Gasteiger charge is 2.11. The van der Waals surface area contributed by atoms with E-state index in [9.17, 15) is 13.2 Å². The van der Waals surface area contributed by atoms with Crippen LogP contribution in [0, 0.1) is 0 Å². The molecule has 0 amide bonds. The zero-order chi connectivity index (χ0) is 10.1. The van der Waals surface area contributed by atoms with Gasteiger partial charge in [-0.1, -0.05) is 0 Å². The molecule has 0 saturated carbocycles. The van der Waals surface area contributed by atoms with Gasteiger partial charge in [0.05, 0.1) is 4.88 Å². The zero-order valence-corrected chi connectivity index (χ0v) is 8.48. The molecule has 1 aromatic rings. The fourth-order valence-electron chi connectivity index (χ4n) is 0.712. The summed E-state index contributed by atoms with van der Waals surface area (Å²) < 4.78 is 21.3. The van der Waals surface area contributed by atoms with Crippen LogP contribution in [0.25, 0.3) is 0 Å². The molecule has 0 bridgehead atoms. The van der Waals surface area contributed by atoms with E-state index < -0.39 is 10.0 Å². The minimum absolute atomic E-state index is 0.127. The molecule has 0 atom stereocenters. The van der Waals surface area contributed by atoms with Crippen molar-refractivity contribution in [3.63, 3.8) is 0 Å². The fourth-order valence-corrected chi connectivity index (χ4v) is 2.47. The van der Waals surface area contributed by atoms with Crippen molar-refractivity contribution in [2.45, 2.75) is 12.7 Å². The van der Waals surface area contributed by atoms with Crippen molar-refractivity contribution in [3.8, 4) is 0 Å². The van der Waals surface area contributed by atoms with Crippen molar-refractivity contribution in [2.24, 2.45) is 5.14 Å². The van der Waals surface area contributed by atoms with Crippen molar-refractivity contribution >= 4 is 27.1 Å². The highest BCUT2D eigenvalue weighted by molar-refractivity contribution is 7.88. The lowest BCUT2D eigenvalue weighted by Gasteiger charge is -1.90. The van der Waals surface area contributed by atoms with Gasteiger partial charge in [0, 0.05) is 13.1 Å². The van der Waals surface area contributed by atoms with Gasteiger partial charge in [-0.3, -0.25) is 4.79 Å². The number of primary sulfonamides is 1. The van der Waals surface area contributed by atoms with Crippen molar-refractivity contribution in [1.29, 1.82) is 0 Å². The molecule has 0 aliphatic carbocycles. The predicted octanol–water partition coefficient (Wildman–Crippen LogP) is 0.134. The van der Waals surface area contributed by atoms with Crippen LogP contribution in [0.1, 0.15) is 21.6 Å². The number of sulfonamides is 1. The maximum absolute atomic E-state index is 10.8. The molecule has 0 spiro atoms. The van der Waals surface area contributed by atoms with Crippen LogP contribution in [0.5, 0.6) is 0 Å². The van der Waals surface area contributed by atoms with Crippen LogP contribution in [-0.4, -0.2) is 19.2 Å². The molecule has 5 nitrogen and oxygen atoms in total. The van der Waals surface area contributed by atoms with Gasteiger partial charge in [-0.05, 0) is 0 Å². The number of rotatable bonds is 3. The first kappa shape index (κ1) is 10.3. The van der Waals surface area contributed by atoms with Crippen molar-refractivity contribution < 1.29 is 13.2 Å². The lowest BCUT2D eigenvalue weighted by Crippen LogP contribution is -2.14. The summed E-state index contributed by atoms with van der Waals surface area (Å²) in [7, 11) is -3.55. The summed E-state index contributed by atoms with van der Waals surface area (Å²) in [6.07, 6.45) is 1.35. The fraction of sp³-hybridized carbons (Fsp3) is 0.333. The SMILES string of the molecule is CC(=O)c1cnc(CS(N)(=O)=O)s1. The highest BCUT2D eigenvalue weighted by Crippen LogP contribution is 2.14. The van der Waals surface area contributed by atoms with E-state index in [0.29, 0.717) is 9.88 Å². The molecule has 13 heavy (non-hydrogen) atoms. The molecule has 7 heteroatoms. The first-order chi connectivity index (χ1) is 5.88. The maximum atomic E-state index is 10.8. The highest BCUT2D eigenvalue weighted by atomic mass is 32.2. The number of thiazole rings is 1. The van der Waals surface area contributed by atoms with Crippen LogP contribution in [-0.2, 0) is 15.8 Å². The number of nitrogens with two attached hydrogens (primary N) is 1. The Labute approximate surface area is 79.6 Å². The van der Waals surface area contributed by atoms with E-state index in [1.807, 2.05) is 0 Å². The molecule has 0 aromatic carbocycles. The Morgan fingerprint density at radius 1 is 1.69 bits per heavy atom. The number of hydrogen-bond donors (Lipinski definition) is 1. The van der Waals surface area contributed by atoms with Gasteiger partial charge in [0.15, 0.2) is 5.78 Å². The zero-order valence-electron chi connectivity index (χ0n) is 6.85. The predicted molar refractivity (Wildman–Crippen MR) is 48.9 cm³/mol. The second-order valence-corrected chi connectivity index (χ2v) is 5.21. The summed E-state index contributed by atoms with van der Waals surface area (Å²) in [5, 5.41) is 5.15. The van der Waals surface area contributed by atoms with Crippen LogP contribution in [0.3, 0.4) is 0 Å². The summed E-state index contributed by atoms with van der Waals surface area (Å²) in [6, 6.07) is 0. The second kappa shape index (κ2) is 3.52. The van der Waals surface area contributed by atoms with Crippen LogP contribution in [0.15, 0.2) is 6.20 Å². The monoisotopic (exact) mass is 220 g/mol. The van der Waals surface area contributed by atoms with Gasteiger partial charge in [0.25, 0.3) is 0 Å². The van der Waals surface area contributed by atoms with Gasteiger partial charge in [-0.15, -0.1) is 11.3 Å². The standard InChI is InChI=1S/C6H8N2O3S2/c1-4(9)5-2-8-6(12-5)3-13(7,10)11/h2H,3H2,1H3,(H2,7,10,11). The number of aromatic nitrogens is 1. The van der Waals surface area contributed by atoms with Gasteiger partial charge in [0.1, 0.15) is 10.8 Å². The first-order valence-electron chi connectivity index (χ1n) is 3.34. The van der Waals surface area contributed by atoms with E-state index in [2.05, 4.69) is 4.98 Å². The van der Waals surface area contributed by atoms with E-state index in [1.165, 1.54) is 13.1 Å². The Morgan fingerprint density at radius 3 is 2.69 bits per heavy atom. The number of hydrogen-bond acceptors (Lipinski definition) is 5. The summed E-state index contributed by atoms with van der Waals surface area (Å²) in [5.41, 5.74) is 0. The average molecular weight is 220 g/mol. The Kier molecular flexibility index (Phi) is 2.79. The Balaban J connectivity index is 2.87. The molecular formula is C6H8N2O3S2. The van der Waals surface area contributed by atoms with Crippen LogP contribution in [0.2, 0.25) is 0 Å². The quantitative estimate of drug-likeness (QED) is 0.733. The molecule has 0 aliphatic rings. The number of nitrogens with zero attached hydrogens (tertiary/aromatic N) is 1. The van der Waals surface area contributed by atoms with Gasteiger partial charge < -0.3 is 0 Å². The number of carbonyl (C=O) groups is 1. The van der Waals surface area contributed by atoms with Crippen LogP contribution >= 0.6 is 11.3 Å². The van der Waals surface area contributed by atoms with Crippen LogP contribution in [0.4, 0.5) is 0 Å². The van der Waals surface area contributed by atoms with Gasteiger partial charge in [-0.2, -0.15) is 0 Å². The molecule has 0 saturated heterocycles. The van der Waals surface area contributed by atoms with E-state index >= 15 is 0 Å². The summed E-state index contributed by atoms with van der Waals surface area (Å²) >= 11 is 1.05. The smallest absolute Gasteiger partial charge is 0.215 e. The minimum atomic E-state index is -3.55. The molecule has 0 aliphatic heterocycles. The Hall–Kier alpha value is -0.790. The molecule has 2 N–H and O–H groups in total. The molecule has 1 rings (SSSR count). The topological polar surface area (TPSA) is 90.1 Å². The second-order valence-electron chi connectivity index (χ2n) is 2.48. The van der Waals surface area contributed by atoms with E-state index in [4.69, 9.17) is 5.14 Å². The van der Waals surface area contributed by atoms with Crippen molar-refractivity contribution in [1.82, 2.24) is 4.98 Å². The van der Waals surface area contributed by atoms with Gasteiger partial charge >= 0.3 is 0 Å². The number of Topliss-reactive ketones (excluding diaryl/α,β-unsaturated/α-hetero) is 1. The molecule has 72 valence electrons. The molecule has 1 aromatic heterocycles. The lowest BCUT2D eigenvalue weighted by atomic mass is 10.4. The molecule has 1 heterocycles. The molecule has 0 radical (unpaired) electrons. The third-order valence-corrected chi connectivity index (χ3v) is 3.18. The third-order valence-electron chi connectivity index (χ3n) is 1.23. The molecule has 0 unspecified atom stereocenters. The van der Waals surface area contributed by atoms with Crippen molar-refractivity contribution in [2.75, 3.05) is 0 Å². The normalized spacial score (nSPS) is 11.5. The average Bonchev–Trinajstić information content (AvgIpc) is 2.31.